The van der Waals surface area contributed by atoms with Gasteiger partial charge in [-0.25, -0.2) is 0 Å². The third kappa shape index (κ3) is 3.95. The summed E-state index contributed by atoms with van der Waals surface area (Å²) in [7, 11) is 0. The number of hydrogen-bond acceptors (Lipinski definition) is 2. The van der Waals surface area contributed by atoms with Gasteiger partial charge in [0.25, 0.3) is 0 Å². The molecule has 0 atom stereocenters. The zero-order chi connectivity index (χ0) is 30.2. The number of aromatic nitrogens is 1. The van der Waals surface area contributed by atoms with Crippen LogP contribution in [-0.4, -0.2) is 19.1 Å². The van der Waals surface area contributed by atoms with Crippen molar-refractivity contribution in [3.8, 4) is 5.69 Å². The molecule has 0 bridgehead atoms. The molecule has 0 fully saturated rings. The number of benzene rings is 7. The van der Waals surface area contributed by atoms with E-state index in [1.165, 1.54) is 72.6 Å². The summed E-state index contributed by atoms with van der Waals surface area (Å²) in [5.41, 5.74) is 7.07. The molecule has 0 amide bonds. The van der Waals surface area contributed by atoms with Crippen LogP contribution in [0, 0.1) is 0 Å². The predicted molar refractivity (Wildman–Crippen MR) is 200 cm³/mol. The summed E-state index contributed by atoms with van der Waals surface area (Å²) in [4.78, 5) is 2.45. The number of fused-ring (bicyclic) bond motifs is 9. The SMILES string of the molecule is c1ccc(-n2c3ccccc3c3ccc(N(c4ccc5c(c4)sc4ccccc45)c4ccc5[se]c6ccccc6c5c4)cc32)cc1. The Morgan fingerprint density at radius 2 is 1.02 bits per heavy atom. The van der Waals surface area contributed by atoms with Gasteiger partial charge in [-0.05, 0) is 0 Å². The van der Waals surface area contributed by atoms with E-state index in [1.807, 2.05) is 11.3 Å². The molecule has 0 saturated heterocycles. The van der Waals surface area contributed by atoms with E-state index in [-0.39, 0.29) is 0 Å². The maximum atomic E-state index is 2.45. The van der Waals surface area contributed by atoms with Gasteiger partial charge in [-0.2, -0.15) is 0 Å². The van der Waals surface area contributed by atoms with E-state index in [2.05, 4.69) is 167 Å². The fourth-order valence-electron chi connectivity index (χ4n) is 7.11. The molecule has 4 heteroatoms. The van der Waals surface area contributed by atoms with Crippen molar-refractivity contribution in [2.24, 2.45) is 0 Å². The van der Waals surface area contributed by atoms with Crippen LogP contribution in [-0.2, 0) is 0 Å². The molecule has 46 heavy (non-hydrogen) atoms. The molecule has 3 aromatic heterocycles. The summed E-state index contributed by atoms with van der Waals surface area (Å²) in [6, 6.07) is 58.2. The standard InChI is InChI=1S/C42H26N2SSe/c1-2-10-27(11-3-1)44-37-15-7-4-12-31(37)32-21-18-29(25-38(32)44)43(28-20-23-42-36(24-28)35-14-6-9-17-41(35)46-42)30-19-22-34-33-13-5-8-16-39(33)45-40(34)26-30/h1-26H. The van der Waals surface area contributed by atoms with Gasteiger partial charge in [0.15, 0.2) is 0 Å². The van der Waals surface area contributed by atoms with Crippen molar-refractivity contribution in [1.29, 1.82) is 0 Å². The Balaban J connectivity index is 1.25. The molecule has 10 aromatic rings. The van der Waals surface area contributed by atoms with Crippen LogP contribution >= 0.6 is 11.3 Å². The molecule has 0 saturated carbocycles. The summed E-state index contributed by atoms with van der Waals surface area (Å²) < 4.78 is 7.96. The molecule has 3 heterocycles. The van der Waals surface area contributed by atoms with E-state index in [0.717, 1.165) is 11.4 Å². The fraction of sp³-hybridized carbons (Fsp3) is 0. The van der Waals surface area contributed by atoms with Gasteiger partial charge < -0.3 is 0 Å². The van der Waals surface area contributed by atoms with Crippen LogP contribution in [0.3, 0.4) is 0 Å². The Kier molecular flexibility index (Phi) is 5.79. The second kappa shape index (κ2) is 10.2. The van der Waals surface area contributed by atoms with Crippen molar-refractivity contribution in [3.63, 3.8) is 0 Å². The first kappa shape index (κ1) is 26.1. The summed E-state index contributed by atoms with van der Waals surface area (Å²) in [6.07, 6.45) is 0. The van der Waals surface area contributed by atoms with Crippen LogP contribution in [0.15, 0.2) is 158 Å². The first-order chi connectivity index (χ1) is 22.8. The molecule has 0 unspecified atom stereocenters. The molecule has 0 N–H and O–H groups in total. The van der Waals surface area contributed by atoms with Gasteiger partial charge in [0.05, 0.1) is 0 Å². The topological polar surface area (TPSA) is 8.17 Å². The number of anilines is 3. The first-order valence-corrected chi connectivity index (χ1v) is 18.0. The molecule has 0 aliphatic heterocycles. The number of thiophene rings is 1. The zero-order valence-electron chi connectivity index (χ0n) is 24.7. The second-order valence-electron chi connectivity index (χ2n) is 11.8. The van der Waals surface area contributed by atoms with Gasteiger partial charge in [0, 0.05) is 0 Å². The van der Waals surface area contributed by atoms with Crippen molar-refractivity contribution in [3.05, 3.63) is 158 Å². The molecule has 0 aliphatic rings. The molecule has 10 rings (SSSR count). The average molecular weight is 670 g/mol. The fourth-order valence-corrected chi connectivity index (χ4v) is 10.5. The van der Waals surface area contributed by atoms with E-state index < -0.39 is 0 Å². The van der Waals surface area contributed by atoms with Crippen molar-refractivity contribution in [2.75, 3.05) is 4.90 Å². The van der Waals surface area contributed by atoms with Crippen LogP contribution in [0.25, 0.3) is 67.0 Å². The molecular formula is C42H26N2SSe. The normalized spacial score (nSPS) is 11.9. The van der Waals surface area contributed by atoms with E-state index >= 15 is 0 Å². The van der Waals surface area contributed by atoms with Gasteiger partial charge >= 0.3 is 271 Å². The molecule has 7 aromatic carbocycles. The summed E-state index contributed by atoms with van der Waals surface area (Å²) in [5, 5.41) is 7.90. The van der Waals surface area contributed by atoms with Crippen LogP contribution in [0.2, 0.25) is 0 Å². The van der Waals surface area contributed by atoms with Crippen molar-refractivity contribution in [1.82, 2.24) is 4.57 Å². The Morgan fingerprint density at radius 3 is 1.91 bits per heavy atom. The number of hydrogen-bond donors (Lipinski definition) is 0. The van der Waals surface area contributed by atoms with E-state index in [9.17, 15) is 0 Å². The van der Waals surface area contributed by atoms with Gasteiger partial charge in [-0.15, -0.1) is 0 Å². The van der Waals surface area contributed by atoms with E-state index in [0.29, 0.717) is 14.5 Å². The summed E-state index contributed by atoms with van der Waals surface area (Å²) >= 11 is 2.21. The van der Waals surface area contributed by atoms with Crippen LogP contribution in [0.5, 0.6) is 0 Å². The minimum atomic E-state index is 0.334. The van der Waals surface area contributed by atoms with E-state index in [4.69, 9.17) is 0 Å². The average Bonchev–Trinajstić information content (AvgIpc) is 3.77. The first-order valence-electron chi connectivity index (χ1n) is 15.5. The number of rotatable bonds is 4. The number of para-hydroxylation sites is 2. The van der Waals surface area contributed by atoms with Crippen LogP contribution in [0.1, 0.15) is 0 Å². The quantitative estimate of drug-likeness (QED) is 0.169. The van der Waals surface area contributed by atoms with E-state index in [1.54, 1.807) is 0 Å². The third-order valence-corrected chi connectivity index (χ3v) is 12.7. The zero-order valence-corrected chi connectivity index (χ0v) is 27.3. The molecule has 0 spiro atoms. The van der Waals surface area contributed by atoms with Crippen molar-refractivity contribution >= 4 is 104 Å². The predicted octanol–water partition coefficient (Wildman–Crippen LogP) is 12.0. The van der Waals surface area contributed by atoms with Gasteiger partial charge in [0.2, 0.25) is 0 Å². The molecule has 0 aliphatic carbocycles. The molecule has 216 valence electrons. The van der Waals surface area contributed by atoms with Crippen LogP contribution < -0.4 is 4.90 Å². The van der Waals surface area contributed by atoms with Crippen LogP contribution in [0.4, 0.5) is 17.1 Å². The van der Waals surface area contributed by atoms with Crippen molar-refractivity contribution < 1.29 is 0 Å². The Hall–Kier alpha value is -5.12. The monoisotopic (exact) mass is 670 g/mol. The van der Waals surface area contributed by atoms with Gasteiger partial charge in [-0.3, -0.25) is 0 Å². The molecule has 2 nitrogen and oxygen atoms in total. The minimum absolute atomic E-state index is 0.334. The van der Waals surface area contributed by atoms with Gasteiger partial charge in [-0.1, -0.05) is 6.07 Å². The van der Waals surface area contributed by atoms with Gasteiger partial charge in [0.1, 0.15) is 0 Å². The Morgan fingerprint density at radius 1 is 0.413 bits per heavy atom. The molecule has 0 radical (unpaired) electrons. The van der Waals surface area contributed by atoms with Crippen molar-refractivity contribution in [2.45, 2.75) is 0 Å². The summed E-state index contributed by atoms with van der Waals surface area (Å²) in [6.45, 7) is 0. The Labute approximate surface area is 275 Å². The third-order valence-electron chi connectivity index (χ3n) is 9.17. The Bertz CT molecular complexity index is 2770. The molecular weight excluding hydrogens is 644 g/mol. The number of nitrogens with zero attached hydrogens (tertiary/aromatic N) is 2. The maximum absolute atomic E-state index is 2.45. The second-order valence-corrected chi connectivity index (χ2v) is 15.1. The summed E-state index contributed by atoms with van der Waals surface area (Å²) in [5.74, 6) is 0.